The van der Waals surface area contributed by atoms with Gasteiger partial charge in [-0.1, -0.05) is 15.9 Å². The molecule has 0 aromatic heterocycles. The lowest BCUT2D eigenvalue weighted by Gasteiger charge is -2.05. The summed E-state index contributed by atoms with van der Waals surface area (Å²) in [6, 6.07) is 4.38. The summed E-state index contributed by atoms with van der Waals surface area (Å²) in [4.78, 5) is 21.9. The second-order valence-corrected chi connectivity index (χ2v) is 4.70. The van der Waals surface area contributed by atoms with Crippen LogP contribution in [0.3, 0.4) is 0 Å². The molecular weight excluding hydrogens is 300 g/mol. The van der Waals surface area contributed by atoms with Crippen molar-refractivity contribution in [1.82, 2.24) is 5.32 Å². The standard InChI is InChI=1S/C12H15BrN2O3/c1-9-8-10(4-5-11(9)15(17)18)12(16)14-7-3-2-6-13/h4-5,8H,2-3,6-7H2,1H3,(H,14,16). The Balaban J connectivity index is 2.64. The van der Waals surface area contributed by atoms with Gasteiger partial charge in [0, 0.05) is 29.1 Å². The lowest BCUT2D eigenvalue weighted by atomic mass is 10.1. The van der Waals surface area contributed by atoms with Gasteiger partial charge < -0.3 is 5.32 Å². The van der Waals surface area contributed by atoms with Crippen molar-refractivity contribution < 1.29 is 9.72 Å². The molecule has 0 aliphatic rings. The molecule has 1 aromatic rings. The van der Waals surface area contributed by atoms with Gasteiger partial charge in [0.2, 0.25) is 0 Å². The van der Waals surface area contributed by atoms with Crippen LogP contribution in [-0.4, -0.2) is 22.7 Å². The number of aryl methyl sites for hydroxylation is 1. The molecule has 0 bridgehead atoms. The Morgan fingerprint density at radius 2 is 2.17 bits per heavy atom. The van der Waals surface area contributed by atoms with E-state index in [1.807, 2.05) is 0 Å². The largest absolute Gasteiger partial charge is 0.352 e. The van der Waals surface area contributed by atoms with Crippen molar-refractivity contribution in [3.63, 3.8) is 0 Å². The Kier molecular flexibility index (Phi) is 5.77. The molecule has 0 aliphatic carbocycles. The molecule has 18 heavy (non-hydrogen) atoms. The van der Waals surface area contributed by atoms with Gasteiger partial charge in [0.1, 0.15) is 0 Å². The molecule has 5 nitrogen and oxygen atoms in total. The number of nitrogens with zero attached hydrogens (tertiary/aromatic N) is 1. The zero-order valence-electron chi connectivity index (χ0n) is 10.1. The monoisotopic (exact) mass is 314 g/mol. The van der Waals surface area contributed by atoms with Crippen molar-refractivity contribution in [2.75, 3.05) is 11.9 Å². The summed E-state index contributed by atoms with van der Waals surface area (Å²) < 4.78 is 0. The summed E-state index contributed by atoms with van der Waals surface area (Å²) in [6.45, 7) is 2.24. The van der Waals surface area contributed by atoms with Crippen molar-refractivity contribution in [3.8, 4) is 0 Å². The van der Waals surface area contributed by atoms with Gasteiger partial charge >= 0.3 is 0 Å². The van der Waals surface area contributed by atoms with E-state index in [4.69, 9.17) is 0 Å². The molecule has 0 radical (unpaired) electrons. The molecule has 0 saturated carbocycles. The van der Waals surface area contributed by atoms with E-state index < -0.39 is 4.92 Å². The minimum absolute atomic E-state index is 0.0332. The molecule has 0 heterocycles. The number of benzene rings is 1. The number of rotatable bonds is 6. The number of carbonyl (C=O) groups excluding carboxylic acids is 1. The van der Waals surface area contributed by atoms with Gasteiger partial charge in [-0.3, -0.25) is 14.9 Å². The minimum Gasteiger partial charge on any atom is -0.352 e. The molecule has 0 aliphatic heterocycles. The molecule has 1 rings (SSSR count). The highest BCUT2D eigenvalue weighted by molar-refractivity contribution is 9.09. The predicted octanol–water partition coefficient (Wildman–Crippen LogP) is 2.81. The summed E-state index contributed by atoms with van der Waals surface area (Å²) >= 11 is 3.32. The quantitative estimate of drug-likeness (QED) is 0.380. The third kappa shape index (κ3) is 4.10. The number of nitrogens with one attached hydrogen (secondary N) is 1. The molecule has 0 atom stereocenters. The normalized spacial score (nSPS) is 10.1. The molecule has 0 fully saturated rings. The molecule has 1 N–H and O–H groups in total. The minimum atomic E-state index is -0.451. The molecule has 0 unspecified atom stereocenters. The van der Waals surface area contributed by atoms with Crippen LogP contribution < -0.4 is 5.32 Å². The van der Waals surface area contributed by atoms with Crippen LogP contribution in [0.5, 0.6) is 0 Å². The number of carbonyl (C=O) groups is 1. The Hall–Kier alpha value is -1.43. The van der Waals surface area contributed by atoms with Crippen molar-refractivity contribution in [2.24, 2.45) is 0 Å². The number of amides is 1. The van der Waals surface area contributed by atoms with Gasteiger partial charge in [-0.25, -0.2) is 0 Å². The Labute approximate surface area is 114 Å². The zero-order valence-corrected chi connectivity index (χ0v) is 11.7. The first kappa shape index (κ1) is 14.6. The molecule has 6 heteroatoms. The van der Waals surface area contributed by atoms with E-state index in [0.717, 1.165) is 18.2 Å². The maximum Gasteiger partial charge on any atom is 0.272 e. The molecule has 1 aromatic carbocycles. The molecule has 98 valence electrons. The van der Waals surface area contributed by atoms with E-state index in [2.05, 4.69) is 21.2 Å². The molecule has 0 spiro atoms. The average Bonchev–Trinajstić information content (AvgIpc) is 2.33. The van der Waals surface area contributed by atoms with E-state index >= 15 is 0 Å². The van der Waals surface area contributed by atoms with E-state index in [9.17, 15) is 14.9 Å². The second kappa shape index (κ2) is 7.10. The van der Waals surface area contributed by atoms with Crippen LogP contribution in [0.4, 0.5) is 5.69 Å². The fraction of sp³-hybridized carbons (Fsp3) is 0.417. The first-order valence-corrected chi connectivity index (χ1v) is 6.77. The number of nitro groups is 1. The molecule has 1 amide bonds. The van der Waals surface area contributed by atoms with Crippen LogP contribution in [0.15, 0.2) is 18.2 Å². The van der Waals surface area contributed by atoms with Crippen molar-refractivity contribution in [3.05, 3.63) is 39.4 Å². The van der Waals surface area contributed by atoms with E-state index in [1.54, 1.807) is 6.92 Å². The summed E-state index contributed by atoms with van der Waals surface area (Å²) in [5.74, 6) is -0.192. The van der Waals surface area contributed by atoms with E-state index in [-0.39, 0.29) is 11.6 Å². The molecule has 0 saturated heterocycles. The van der Waals surface area contributed by atoms with Gasteiger partial charge in [-0.2, -0.15) is 0 Å². The van der Waals surface area contributed by atoms with Gasteiger partial charge in [-0.05, 0) is 31.9 Å². The first-order valence-electron chi connectivity index (χ1n) is 5.65. The SMILES string of the molecule is Cc1cc(C(=O)NCCCCBr)ccc1[N+](=O)[O-]. The number of nitro benzene ring substituents is 1. The first-order chi connectivity index (χ1) is 8.56. The number of hydrogen-bond acceptors (Lipinski definition) is 3. The molecular formula is C12H15BrN2O3. The zero-order chi connectivity index (χ0) is 13.5. The van der Waals surface area contributed by atoms with Gasteiger partial charge in [-0.15, -0.1) is 0 Å². The third-order valence-corrected chi connectivity index (χ3v) is 3.06. The van der Waals surface area contributed by atoms with Crippen LogP contribution in [0.2, 0.25) is 0 Å². The highest BCUT2D eigenvalue weighted by Crippen LogP contribution is 2.18. The Morgan fingerprint density at radius 1 is 1.44 bits per heavy atom. The van der Waals surface area contributed by atoms with Crippen molar-refractivity contribution in [1.29, 1.82) is 0 Å². The smallest absolute Gasteiger partial charge is 0.272 e. The van der Waals surface area contributed by atoms with Crippen LogP contribution >= 0.6 is 15.9 Å². The highest BCUT2D eigenvalue weighted by Gasteiger charge is 2.13. The van der Waals surface area contributed by atoms with Crippen molar-refractivity contribution in [2.45, 2.75) is 19.8 Å². The van der Waals surface area contributed by atoms with Crippen LogP contribution in [0, 0.1) is 17.0 Å². The van der Waals surface area contributed by atoms with Crippen LogP contribution in [-0.2, 0) is 0 Å². The third-order valence-electron chi connectivity index (χ3n) is 2.50. The number of alkyl halides is 1. The highest BCUT2D eigenvalue weighted by atomic mass is 79.9. The van der Waals surface area contributed by atoms with E-state index in [0.29, 0.717) is 17.7 Å². The number of unbranched alkanes of at least 4 members (excludes halogenated alkanes) is 1. The fourth-order valence-electron chi connectivity index (χ4n) is 1.53. The lowest BCUT2D eigenvalue weighted by Crippen LogP contribution is -2.24. The summed E-state index contributed by atoms with van der Waals surface area (Å²) in [7, 11) is 0. The fourth-order valence-corrected chi connectivity index (χ4v) is 1.92. The van der Waals surface area contributed by atoms with E-state index in [1.165, 1.54) is 18.2 Å². The van der Waals surface area contributed by atoms with Gasteiger partial charge in [0.25, 0.3) is 11.6 Å². The lowest BCUT2D eigenvalue weighted by molar-refractivity contribution is -0.385. The number of halogens is 1. The average molecular weight is 315 g/mol. The van der Waals surface area contributed by atoms with Crippen molar-refractivity contribution >= 4 is 27.5 Å². The second-order valence-electron chi connectivity index (χ2n) is 3.91. The summed E-state index contributed by atoms with van der Waals surface area (Å²) in [6.07, 6.45) is 1.91. The summed E-state index contributed by atoms with van der Waals surface area (Å²) in [5.41, 5.74) is 0.982. The predicted molar refractivity (Wildman–Crippen MR) is 73.2 cm³/mol. The maximum absolute atomic E-state index is 11.7. The van der Waals surface area contributed by atoms with Crippen LogP contribution in [0.1, 0.15) is 28.8 Å². The summed E-state index contributed by atoms with van der Waals surface area (Å²) in [5, 5.41) is 14.3. The number of hydrogen-bond donors (Lipinski definition) is 1. The van der Waals surface area contributed by atoms with Gasteiger partial charge in [0.05, 0.1) is 4.92 Å². The Morgan fingerprint density at radius 3 is 2.72 bits per heavy atom. The topological polar surface area (TPSA) is 72.2 Å². The maximum atomic E-state index is 11.7. The Bertz CT molecular complexity index is 449. The van der Waals surface area contributed by atoms with Crippen LogP contribution in [0.25, 0.3) is 0 Å². The van der Waals surface area contributed by atoms with Gasteiger partial charge in [0.15, 0.2) is 0 Å².